The van der Waals surface area contributed by atoms with Gasteiger partial charge in [-0.25, -0.2) is 4.68 Å². The molecule has 3 nitrogen and oxygen atoms in total. The van der Waals surface area contributed by atoms with Crippen molar-refractivity contribution in [3.63, 3.8) is 0 Å². The van der Waals surface area contributed by atoms with E-state index >= 15 is 0 Å². The molecule has 1 aromatic heterocycles. The topological polar surface area (TPSA) is 34.9 Å². The fraction of sp³-hybridized carbons (Fsp3) is 0.286. The van der Waals surface area contributed by atoms with Gasteiger partial charge in [0.2, 0.25) is 0 Å². The van der Waals surface area contributed by atoms with E-state index in [0.29, 0.717) is 16.6 Å². The SMILES string of the molecule is CC(C)Cc1nn(-c2ccc(Br)cc2)c(Cl)c1C=O. The van der Waals surface area contributed by atoms with Gasteiger partial charge in [0.05, 0.1) is 16.9 Å². The number of hydrogen-bond acceptors (Lipinski definition) is 2. The summed E-state index contributed by atoms with van der Waals surface area (Å²) >= 11 is 9.63. The summed E-state index contributed by atoms with van der Waals surface area (Å²) in [5.74, 6) is 0.419. The fourth-order valence-corrected chi connectivity index (χ4v) is 2.41. The lowest BCUT2D eigenvalue weighted by Crippen LogP contribution is -2.00. The third-order valence-corrected chi connectivity index (χ3v) is 3.62. The second-order valence-electron chi connectivity index (χ2n) is 4.76. The highest BCUT2D eigenvalue weighted by Gasteiger charge is 2.17. The number of carbonyl (C=O) groups excluding carboxylic acids is 1. The lowest BCUT2D eigenvalue weighted by Gasteiger charge is -2.03. The standard InChI is InChI=1S/C14H14BrClN2O/c1-9(2)7-13-12(8-19)14(16)18(17-13)11-5-3-10(15)4-6-11/h3-6,8-9H,7H2,1-2H3. The van der Waals surface area contributed by atoms with Crippen molar-refractivity contribution in [1.82, 2.24) is 9.78 Å². The van der Waals surface area contributed by atoms with E-state index in [1.54, 1.807) is 4.68 Å². The summed E-state index contributed by atoms with van der Waals surface area (Å²) in [5, 5.41) is 4.83. The first-order chi connectivity index (χ1) is 9.02. The van der Waals surface area contributed by atoms with Crippen molar-refractivity contribution < 1.29 is 4.79 Å². The van der Waals surface area contributed by atoms with Gasteiger partial charge >= 0.3 is 0 Å². The number of benzene rings is 1. The minimum atomic E-state index is 0.368. The summed E-state index contributed by atoms with van der Waals surface area (Å²) in [4.78, 5) is 11.2. The van der Waals surface area contributed by atoms with E-state index in [-0.39, 0.29) is 0 Å². The van der Waals surface area contributed by atoms with Crippen molar-refractivity contribution >= 4 is 33.8 Å². The Morgan fingerprint density at radius 1 is 1.37 bits per heavy atom. The summed E-state index contributed by atoms with van der Waals surface area (Å²) < 4.78 is 2.59. The zero-order chi connectivity index (χ0) is 14.0. The van der Waals surface area contributed by atoms with Crippen LogP contribution in [-0.4, -0.2) is 16.1 Å². The number of nitrogens with zero attached hydrogens (tertiary/aromatic N) is 2. The van der Waals surface area contributed by atoms with Gasteiger partial charge in [0.25, 0.3) is 0 Å². The van der Waals surface area contributed by atoms with Crippen LogP contribution in [0, 0.1) is 5.92 Å². The van der Waals surface area contributed by atoms with Crippen LogP contribution in [0.15, 0.2) is 28.7 Å². The largest absolute Gasteiger partial charge is 0.298 e. The number of rotatable bonds is 4. The third kappa shape index (κ3) is 3.07. The van der Waals surface area contributed by atoms with Crippen LogP contribution in [0.1, 0.15) is 29.9 Å². The van der Waals surface area contributed by atoms with Crippen LogP contribution >= 0.6 is 27.5 Å². The molecular formula is C14H14BrClN2O. The van der Waals surface area contributed by atoms with Gasteiger partial charge in [-0.15, -0.1) is 0 Å². The molecule has 1 heterocycles. The van der Waals surface area contributed by atoms with Gasteiger partial charge in [0.1, 0.15) is 5.15 Å². The third-order valence-electron chi connectivity index (χ3n) is 2.73. The van der Waals surface area contributed by atoms with Crippen LogP contribution in [0.5, 0.6) is 0 Å². The summed E-state index contributed by atoms with van der Waals surface area (Å²) in [5.41, 5.74) is 2.07. The predicted molar refractivity (Wildman–Crippen MR) is 80.2 cm³/mol. The maximum absolute atomic E-state index is 11.2. The first-order valence-corrected chi connectivity index (χ1v) is 7.18. The molecule has 0 N–H and O–H groups in total. The molecule has 0 fully saturated rings. The quantitative estimate of drug-likeness (QED) is 0.777. The van der Waals surface area contributed by atoms with Gasteiger partial charge in [-0.1, -0.05) is 41.4 Å². The minimum absolute atomic E-state index is 0.368. The number of aromatic nitrogens is 2. The number of aldehydes is 1. The maximum Gasteiger partial charge on any atom is 0.155 e. The van der Waals surface area contributed by atoms with Crippen LogP contribution in [-0.2, 0) is 6.42 Å². The molecule has 2 aromatic rings. The molecule has 0 unspecified atom stereocenters. The summed E-state index contributed by atoms with van der Waals surface area (Å²) in [6.07, 6.45) is 1.51. The second kappa shape index (κ2) is 5.88. The van der Waals surface area contributed by atoms with Gasteiger partial charge in [-0.3, -0.25) is 4.79 Å². The molecular weight excluding hydrogens is 328 g/mol. The Hall–Kier alpha value is -1.13. The summed E-state index contributed by atoms with van der Waals surface area (Å²) in [7, 11) is 0. The van der Waals surface area contributed by atoms with Crippen LogP contribution in [0.3, 0.4) is 0 Å². The van der Waals surface area contributed by atoms with Gasteiger partial charge in [-0.05, 0) is 36.6 Å². The monoisotopic (exact) mass is 340 g/mol. The van der Waals surface area contributed by atoms with Gasteiger partial charge in [0, 0.05) is 4.47 Å². The Morgan fingerprint density at radius 3 is 2.53 bits per heavy atom. The highest BCUT2D eigenvalue weighted by molar-refractivity contribution is 9.10. The van der Waals surface area contributed by atoms with Crippen molar-refractivity contribution in [2.75, 3.05) is 0 Å². The summed E-state index contributed by atoms with van der Waals surface area (Å²) in [6.45, 7) is 4.17. The Labute approximate surface area is 125 Å². The molecule has 0 saturated heterocycles. The molecule has 19 heavy (non-hydrogen) atoms. The normalized spacial score (nSPS) is 11.0. The molecule has 0 atom stereocenters. The fourth-order valence-electron chi connectivity index (χ4n) is 1.86. The van der Waals surface area contributed by atoms with E-state index in [2.05, 4.69) is 34.9 Å². The molecule has 0 aliphatic rings. The first kappa shape index (κ1) is 14.3. The van der Waals surface area contributed by atoms with Crippen molar-refractivity contribution in [3.8, 4) is 5.69 Å². The molecule has 5 heteroatoms. The Bertz CT molecular complexity index is 590. The second-order valence-corrected chi connectivity index (χ2v) is 6.03. The Kier molecular flexibility index (Phi) is 4.42. The highest BCUT2D eigenvalue weighted by atomic mass is 79.9. The molecule has 0 aliphatic heterocycles. The average Bonchev–Trinajstić information content (AvgIpc) is 2.66. The molecule has 100 valence electrons. The average molecular weight is 342 g/mol. The first-order valence-electron chi connectivity index (χ1n) is 6.01. The molecule has 0 spiro atoms. The molecule has 0 radical (unpaired) electrons. The van der Waals surface area contributed by atoms with Gasteiger partial charge in [-0.2, -0.15) is 5.10 Å². The molecule has 0 saturated carbocycles. The lowest BCUT2D eigenvalue weighted by atomic mass is 10.1. The summed E-state index contributed by atoms with van der Waals surface area (Å²) in [6, 6.07) is 7.62. The molecule has 2 rings (SSSR count). The van der Waals surface area contributed by atoms with Crippen LogP contribution < -0.4 is 0 Å². The van der Waals surface area contributed by atoms with E-state index in [0.717, 1.165) is 28.6 Å². The van der Waals surface area contributed by atoms with Crippen molar-refractivity contribution in [2.24, 2.45) is 5.92 Å². The lowest BCUT2D eigenvalue weighted by molar-refractivity contribution is 0.112. The smallest absolute Gasteiger partial charge is 0.155 e. The van der Waals surface area contributed by atoms with Crippen LogP contribution in [0.25, 0.3) is 5.69 Å². The highest BCUT2D eigenvalue weighted by Crippen LogP contribution is 2.25. The van der Waals surface area contributed by atoms with Crippen LogP contribution in [0.4, 0.5) is 0 Å². The van der Waals surface area contributed by atoms with Crippen molar-refractivity contribution in [3.05, 3.63) is 45.1 Å². The van der Waals surface area contributed by atoms with E-state index in [4.69, 9.17) is 11.6 Å². The van der Waals surface area contributed by atoms with E-state index < -0.39 is 0 Å². The maximum atomic E-state index is 11.2. The van der Waals surface area contributed by atoms with Crippen molar-refractivity contribution in [2.45, 2.75) is 20.3 Å². The van der Waals surface area contributed by atoms with E-state index in [1.165, 1.54) is 0 Å². The number of halogens is 2. The van der Waals surface area contributed by atoms with Crippen molar-refractivity contribution in [1.29, 1.82) is 0 Å². The molecule has 1 aromatic carbocycles. The molecule has 0 amide bonds. The number of hydrogen-bond donors (Lipinski definition) is 0. The number of carbonyl (C=O) groups is 1. The predicted octanol–water partition coefficient (Wildman–Crippen LogP) is 4.30. The van der Waals surface area contributed by atoms with E-state index in [1.807, 2.05) is 24.3 Å². The molecule has 0 aliphatic carbocycles. The van der Waals surface area contributed by atoms with Gasteiger partial charge < -0.3 is 0 Å². The zero-order valence-corrected chi connectivity index (χ0v) is 13.1. The molecule has 0 bridgehead atoms. The minimum Gasteiger partial charge on any atom is -0.298 e. The van der Waals surface area contributed by atoms with E-state index in [9.17, 15) is 4.79 Å². The van der Waals surface area contributed by atoms with Crippen LogP contribution in [0.2, 0.25) is 5.15 Å². The Balaban J connectivity index is 2.49. The van der Waals surface area contributed by atoms with Gasteiger partial charge in [0.15, 0.2) is 6.29 Å². The zero-order valence-electron chi connectivity index (χ0n) is 10.7. The Morgan fingerprint density at radius 2 is 2.00 bits per heavy atom.